The summed E-state index contributed by atoms with van der Waals surface area (Å²) in [6, 6.07) is 10.3. The lowest BCUT2D eigenvalue weighted by molar-refractivity contribution is 0.111. The Balaban J connectivity index is 1.46. The average Bonchev–Trinajstić information content (AvgIpc) is 3.29. The van der Waals surface area contributed by atoms with Crippen LogP contribution in [0.5, 0.6) is 0 Å². The van der Waals surface area contributed by atoms with Crippen molar-refractivity contribution in [2.45, 2.75) is 38.4 Å². The summed E-state index contributed by atoms with van der Waals surface area (Å²) in [5.41, 5.74) is 0.953. The predicted molar refractivity (Wildman–Crippen MR) is 87.8 cm³/mol. The van der Waals surface area contributed by atoms with Crippen molar-refractivity contribution in [2.75, 3.05) is 6.54 Å². The Hall–Kier alpha value is -2.54. The van der Waals surface area contributed by atoms with E-state index in [-0.39, 0.29) is 0 Å². The largest absolute Gasteiger partial charge is 0.419 e. The Bertz CT molecular complexity index is 755. The van der Waals surface area contributed by atoms with E-state index in [2.05, 4.69) is 25.2 Å². The van der Waals surface area contributed by atoms with Crippen LogP contribution < -0.4 is 0 Å². The van der Waals surface area contributed by atoms with Crippen molar-refractivity contribution in [1.82, 2.24) is 29.9 Å². The van der Waals surface area contributed by atoms with Crippen LogP contribution in [0, 0.1) is 0 Å². The molecule has 2 aromatic heterocycles. The number of likely N-dealkylation sites (tertiary alicyclic amines) is 1. The number of benzene rings is 1. The van der Waals surface area contributed by atoms with Gasteiger partial charge in [0, 0.05) is 11.6 Å². The zero-order valence-corrected chi connectivity index (χ0v) is 13.5. The number of nitrogens with zero attached hydrogens (tertiary/aromatic N) is 6. The van der Waals surface area contributed by atoms with Crippen LogP contribution in [0.15, 0.2) is 47.4 Å². The van der Waals surface area contributed by atoms with Crippen LogP contribution in [0.4, 0.5) is 0 Å². The van der Waals surface area contributed by atoms with Crippen molar-refractivity contribution >= 4 is 0 Å². The molecule has 0 spiro atoms. The minimum Gasteiger partial charge on any atom is -0.419 e. The fourth-order valence-electron chi connectivity index (χ4n) is 3.21. The van der Waals surface area contributed by atoms with Crippen molar-refractivity contribution < 1.29 is 4.42 Å². The molecule has 0 radical (unpaired) electrons. The van der Waals surface area contributed by atoms with Gasteiger partial charge in [-0.25, -0.2) is 4.98 Å². The van der Waals surface area contributed by atoms with Gasteiger partial charge in [0.15, 0.2) is 0 Å². The molecule has 7 nitrogen and oxygen atoms in total. The summed E-state index contributed by atoms with van der Waals surface area (Å²) < 4.78 is 7.75. The Morgan fingerprint density at radius 1 is 1.12 bits per heavy atom. The highest BCUT2D eigenvalue weighted by Crippen LogP contribution is 2.22. The Kier molecular flexibility index (Phi) is 4.33. The molecule has 1 aliphatic rings. The third-order valence-electron chi connectivity index (χ3n) is 4.44. The van der Waals surface area contributed by atoms with Crippen molar-refractivity contribution in [3.63, 3.8) is 0 Å². The van der Waals surface area contributed by atoms with Crippen molar-refractivity contribution in [2.24, 2.45) is 0 Å². The molecule has 7 heteroatoms. The lowest BCUT2D eigenvalue weighted by Gasteiger charge is -2.34. The normalized spacial score (nSPS) is 18.8. The summed E-state index contributed by atoms with van der Waals surface area (Å²) >= 11 is 0. The molecular formula is C17H20N6O. The van der Waals surface area contributed by atoms with Gasteiger partial charge in [0.1, 0.15) is 12.7 Å². The number of aromatic nitrogens is 5. The monoisotopic (exact) mass is 324 g/mol. The molecule has 0 bridgehead atoms. The fraction of sp³-hybridized carbons (Fsp3) is 0.412. The molecular weight excluding hydrogens is 304 g/mol. The highest BCUT2D eigenvalue weighted by atomic mass is 16.4. The topological polar surface area (TPSA) is 72.9 Å². The standard InChI is InChI=1S/C17H20N6O/c1-2-6-14(7-3-1)17-21-20-16(24-17)11-22-9-5-4-8-15(22)10-23-13-18-12-19-23/h1-3,6-7,12-13,15H,4-5,8-11H2/t15-/m1/s1. The summed E-state index contributed by atoms with van der Waals surface area (Å²) in [5.74, 6) is 1.25. The highest BCUT2D eigenvalue weighted by Gasteiger charge is 2.25. The highest BCUT2D eigenvalue weighted by molar-refractivity contribution is 5.51. The van der Waals surface area contributed by atoms with Gasteiger partial charge in [0.05, 0.1) is 13.1 Å². The van der Waals surface area contributed by atoms with Crippen LogP contribution in [-0.2, 0) is 13.1 Å². The van der Waals surface area contributed by atoms with E-state index >= 15 is 0 Å². The molecule has 3 heterocycles. The van der Waals surface area contributed by atoms with E-state index in [0.29, 0.717) is 24.4 Å². The first-order valence-corrected chi connectivity index (χ1v) is 8.33. The Morgan fingerprint density at radius 2 is 2.04 bits per heavy atom. The summed E-state index contributed by atoms with van der Waals surface area (Å²) in [5, 5.41) is 12.6. The molecule has 0 unspecified atom stereocenters. The first-order chi connectivity index (χ1) is 11.9. The third-order valence-corrected chi connectivity index (χ3v) is 4.44. The first-order valence-electron chi connectivity index (χ1n) is 8.33. The van der Waals surface area contributed by atoms with Gasteiger partial charge in [-0.2, -0.15) is 5.10 Å². The summed E-state index contributed by atoms with van der Waals surface area (Å²) in [7, 11) is 0. The maximum atomic E-state index is 5.86. The number of hydrogen-bond acceptors (Lipinski definition) is 6. The van der Waals surface area contributed by atoms with E-state index in [1.54, 1.807) is 12.7 Å². The van der Waals surface area contributed by atoms with Gasteiger partial charge >= 0.3 is 0 Å². The van der Waals surface area contributed by atoms with Gasteiger partial charge in [-0.1, -0.05) is 24.6 Å². The lowest BCUT2D eigenvalue weighted by atomic mass is 10.0. The second kappa shape index (κ2) is 6.92. The number of hydrogen-bond donors (Lipinski definition) is 0. The smallest absolute Gasteiger partial charge is 0.247 e. The van der Waals surface area contributed by atoms with Crippen LogP contribution in [-0.4, -0.2) is 42.4 Å². The van der Waals surface area contributed by atoms with Gasteiger partial charge in [0.25, 0.3) is 0 Å². The molecule has 0 N–H and O–H groups in total. The molecule has 124 valence electrons. The number of piperidine rings is 1. The Morgan fingerprint density at radius 3 is 2.88 bits per heavy atom. The molecule has 0 aliphatic carbocycles. The van der Waals surface area contributed by atoms with Crippen LogP contribution >= 0.6 is 0 Å². The molecule has 0 amide bonds. The predicted octanol–water partition coefficient (Wildman–Crippen LogP) is 2.38. The molecule has 1 aliphatic heterocycles. The van der Waals surface area contributed by atoms with Gasteiger partial charge in [0.2, 0.25) is 11.8 Å². The maximum absolute atomic E-state index is 5.86. The zero-order chi connectivity index (χ0) is 16.2. The second-order valence-electron chi connectivity index (χ2n) is 6.10. The molecule has 24 heavy (non-hydrogen) atoms. The summed E-state index contributed by atoms with van der Waals surface area (Å²) in [4.78, 5) is 6.44. The molecule has 1 atom stereocenters. The molecule has 0 saturated carbocycles. The molecule has 1 saturated heterocycles. The maximum Gasteiger partial charge on any atom is 0.247 e. The van der Waals surface area contributed by atoms with Crippen molar-refractivity contribution in [3.8, 4) is 11.5 Å². The second-order valence-corrected chi connectivity index (χ2v) is 6.10. The minimum atomic E-state index is 0.424. The Labute approximate surface area is 140 Å². The average molecular weight is 324 g/mol. The van der Waals surface area contributed by atoms with Gasteiger partial charge in [-0.3, -0.25) is 9.58 Å². The zero-order valence-electron chi connectivity index (χ0n) is 13.5. The van der Waals surface area contributed by atoms with Gasteiger partial charge < -0.3 is 4.42 Å². The van der Waals surface area contributed by atoms with Crippen molar-refractivity contribution in [3.05, 3.63) is 48.9 Å². The van der Waals surface area contributed by atoms with E-state index < -0.39 is 0 Å². The molecule has 3 aromatic rings. The van der Waals surface area contributed by atoms with E-state index in [0.717, 1.165) is 25.1 Å². The lowest BCUT2D eigenvalue weighted by Crippen LogP contribution is -2.41. The molecule has 4 rings (SSSR count). The van der Waals surface area contributed by atoms with E-state index in [1.807, 2.05) is 35.0 Å². The van der Waals surface area contributed by atoms with Crippen LogP contribution in [0.25, 0.3) is 11.5 Å². The minimum absolute atomic E-state index is 0.424. The van der Waals surface area contributed by atoms with E-state index in [1.165, 1.54) is 12.8 Å². The van der Waals surface area contributed by atoms with E-state index in [9.17, 15) is 0 Å². The van der Waals surface area contributed by atoms with Crippen LogP contribution in [0.2, 0.25) is 0 Å². The van der Waals surface area contributed by atoms with Crippen LogP contribution in [0.3, 0.4) is 0 Å². The quantitative estimate of drug-likeness (QED) is 0.717. The summed E-state index contributed by atoms with van der Waals surface area (Å²) in [6.07, 6.45) is 6.95. The van der Waals surface area contributed by atoms with E-state index in [4.69, 9.17) is 4.42 Å². The number of rotatable bonds is 5. The SMILES string of the molecule is c1ccc(-c2nnc(CN3CCCC[C@@H]3Cn3cncn3)o2)cc1. The van der Waals surface area contributed by atoms with Gasteiger partial charge in [-0.15, -0.1) is 10.2 Å². The third kappa shape index (κ3) is 3.35. The van der Waals surface area contributed by atoms with Crippen LogP contribution in [0.1, 0.15) is 25.2 Å². The fourth-order valence-corrected chi connectivity index (χ4v) is 3.21. The van der Waals surface area contributed by atoms with Gasteiger partial charge in [-0.05, 0) is 31.5 Å². The first kappa shape index (κ1) is 15.0. The van der Waals surface area contributed by atoms with Crippen molar-refractivity contribution in [1.29, 1.82) is 0 Å². The summed E-state index contributed by atoms with van der Waals surface area (Å²) in [6.45, 7) is 2.57. The molecule has 1 fully saturated rings. The molecule has 1 aromatic carbocycles.